The first-order valence-electron chi connectivity index (χ1n) is 11.9. The number of hydrogen-bond acceptors (Lipinski definition) is 5. The maximum Gasteiger partial charge on any atom is 0.251 e. The number of likely N-dealkylation sites (tertiary alicyclic amines) is 1. The van der Waals surface area contributed by atoms with E-state index in [0.29, 0.717) is 18.2 Å². The number of piperidine rings is 1. The summed E-state index contributed by atoms with van der Waals surface area (Å²) >= 11 is 0. The summed E-state index contributed by atoms with van der Waals surface area (Å²) < 4.78 is 0. The van der Waals surface area contributed by atoms with Crippen molar-refractivity contribution < 1.29 is 14.7 Å². The maximum atomic E-state index is 12.6. The molecule has 176 valence electrons. The number of nitrogens with zero attached hydrogens (tertiary/aromatic N) is 1. The number of amides is 2. The lowest BCUT2D eigenvalue weighted by Gasteiger charge is -2.32. The lowest BCUT2D eigenvalue weighted by atomic mass is 10.0. The Kier molecular flexibility index (Phi) is 7.62. The lowest BCUT2D eigenvalue weighted by Crippen LogP contribution is -2.42. The first-order chi connectivity index (χ1) is 16.0. The van der Waals surface area contributed by atoms with Crippen LogP contribution >= 0.6 is 0 Å². The summed E-state index contributed by atoms with van der Waals surface area (Å²) in [4.78, 5) is 26.0. The van der Waals surface area contributed by atoms with Gasteiger partial charge in [0, 0.05) is 56.4 Å². The van der Waals surface area contributed by atoms with Gasteiger partial charge in [-0.1, -0.05) is 30.3 Å². The van der Waals surface area contributed by atoms with Gasteiger partial charge in [-0.15, -0.1) is 0 Å². The molecule has 0 saturated carbocycles. The summed E-state index contributed by atoms with van der Waals surface area (Å²) in [6, 6.07) is 16.5. The molecule has 1 saturated heterocycles. The minimum absolute atomic E-state index is 0.123. The molecule has 1 atom stereocenters. The smallest absolute Gasteiger partial charge is 0.251 e. The van der Waals surface area contributed by atoms with Crippen LogP contribution < -0.4 is 16.0 Å². The van der Waals surface area contributed by atoms with Gasteiger partial charge in [-0.25, -0.2) is 0 Å². The molecule has 0 spiro atoms. The molecule has 4 N–H and O–H groups in total. The quantitative estimate of drug-likeness (QED) is 0.493. The van der Waals surface area contributed by atoms with Crippen molar-refractivity contribution in [3.63, 3.8) is 0 Å². The van der Waals surface area contributed by atoms with Crippen LogP contribution in [0.25, 0.3) is 0 Å². The molecule has 1 aliphatic carbocycles. The van der Waals surface area contributed by atoms with Crippen LogP contribution in [-0.4, -0.2) is 66.2 Å². The van der Waals surface area contributed by atoms with E-state index in [0.717, 1.165) is 44.5 Å². The predicted molar refractivity (Wildman–Crippen MR) is 129 cm³/mol. The molecule has 1 aliphatic heterocycles. The molecule has 33 heavy (non-hydrogen) atoms. The molecule has 2 aromatic carbocycles. The highest BCUT2D eigenvalue weighted by molar-refractivity contribution is 5.95. The summed E-state index contributed by atoms with van der Waals surface area (Å²) in [6.45, 7) is 3.76. The van der Waals surface area contributed by atoms with E-state index < -0.39 is 6.10 Å². The van der Waals surface area contributed by atoms with Gasteiger partial charge in [0.15, 0.2) is 0 Å². The summed E-state index contributed by atoms with van der Waals surface area (Å²) in [5.74, 6) is -0.0739. The van der Waals surface area contributed by atoms with E-state index in [-0.39, 0.29) is 24.4 Å². The molecule has 4 rings (SSSR count). The average molecular weight is 451 g/mol. The third-order valence-electron chi connectivity index (χ3n) is 6.63. The first kappa shape index (κ1) is 23.3. The summed E-state index contributed by atoms with van der Waals surface area (Å²) in [6.07, 6.45) is 3.08. The minimum Gasteiger partial charge on any atom is -0.390 e. The van der Waals surface area contributed by atoms with Gasteiger partial charge in [0.1, 0.15) is 0 Å². The highest BCUT2D eigenvalue weighted by atomic mass is 16.3. The topological polar surface area (TPSA) is 93.7 Å². The van der Waals surface area contributed by atoms with E-state index in [9.17, 15) is 14.7 Å². The molecule has 2 aromatic rings. The van der Waals surface area contributed by atoms with E-state index in [2.05, 4.69) is 40.2 Å². The van der Waals surface area contributed by atoms with E-state index in [1.165, 1.54) is 11.1 Å². The average Bonchev–Trinajstić information content (AvgIpc) is 3.25. The van der Waals surface area contributed by atoms with E-state index in [4.69, 9.17) is 0 Å². The zero-order chi connectivity index (χ0) is 23.2. The van der Waals surface area contributed by atoms with Gasteiger partial charge in [-0.05, 0) is 55.0 Å². The van der Waals surface area contributed by atoms with E-state index >= 15 is 0 Å². The Morgan fingerprint density at radius 1 is 1.00 bits per heavy atom. The van der Waals surface area contributed by atoms with E-state index in [1.54, 1.807) is 13.0 Å². The van der Waals surface area contributed by atoms with Crippen LogP contribution in [0.5, 0.6) is 0 Å². The van der Waals surface area contributed by atoms with Crippen molar-refractivity contribution in [2.24, 2.45) is 0 Å². The van der Waals surface area contributed by atoms with Crippen LogP contribution in [0, 0.1) is 0 Å². The highest BCUT2D eigenvalue weighted by Crippen LogP contribution is 2.21. The van der Waals surface area contributed by atoms with Crippen molar-refractivity contribution in [3.05, 3.63) is 65.2 Å². The molecule has 1 unspecified atom stereocenters. The monoisotopic (exact) mass is 450 g/mol. The number of anilines is 1. The molecule has 2 aliphatic rings. The third-order valence-corrected chi connectivity index (χ3v) is 6.63. The molecule has 7 heteroatoms. The van der Waals surface area contributed by atoms with Gasteiger partial charge in [0.2, 0.25) is 5.91 Å². The summed E-state index contributed by atoms with van der Waals surface area (Å²) in [5.41, 5.74) is 4.20. The second kappa shape index (κ2) is 10.8. The van der Waals surface area contributed by atoms with Gasteiger partial charge < -0.3 is 26.0 Å². The largest absolute Gasteiger partial charge is 0.390 e. The van der Waals surface area contributed by atoms with Gasteiger partial charge in [0.05, 0.1) is 6.10 Å². The van der Waals surface area contributed by atoms with Crippen LogP contribution in [0.2, 0.25) is 0 Å². The van der Waals surface area contributed by atoms with Gasteiger partial charge >= 0.3 is 0 Å². The zero-order valence-electron chi connectivity index (χ0n) is 19.2. The number of carbonyl (C=O) groups is 2. The highest BCUT2D eigenvalue weighted by Gasteiger charge is 2.22. The first-order valence-corrected chi connectivity index (χ1v) is 11.9. The number of fused-ring (bicyclic) bond motifs is 1. The number of aliphatic hydroxyl groups is 1. The fourth-order valence-electron chi connectivity index (χ4n) is 4.72. The Balaban J connectivity index is 1.19. The number of benzene rings is 2. The Bertz CT molecular complexity index is 947. The van der Waals surface area contributed by atoms with Crippen LogP contribution in [0.15, 0.2) is 48.5 Å². The fraction of sp³-hybridized carbons (Fsp3) is 0.462. The lowest BCUT2D eigenvalue weighted by molar-refractivity contribution is -0.129. The van der Waals surface area contributed by atoms with Gasteiger partial charge in [-0.2, -0.15) is 0 Å². The molecule has 0 aromatic heterocycles. The Labute approximate surface area is 195 Å². The van der Waals surface area contributed by atoms with E-state index in [1.807, 2.05) is 23.1 Å². The van der Waals surface area contributed by atoms with Crippen molar-refractivity contribution in [3.8, 4) is 0 Å². The maximum absolute atomic E-state index is 12.6. The fourth-order valence-corrected chi connectivity index (χ4v) is 4.72. The molecule has 2 amide bonds. The minimum atomic E-state index is -0.648. The van der Waals surface area contributed by atoms with Crippen LogP contribution in [0.4, 0.5) is 5.69 Å². The number of aliphatic hydroxyl groups excluding tert-OH is 1. The van der Waals surface area contributed by atoms with Crippen LogP contribution in [0.3, 0.4) is 0 Å². The van der Waals surface area contributed by atoms with Crippen molar-refractivity contribution in [1.82, 2.24) is 15.5 Å². The molecule has 1 heterocycles. The molecular formula is C26H34N4O3. The molecule has 1 fully saturated rings. The van der Waals surface area contributed by atoms with Crippen molar-refractivity contribution in [1.29, 1.82) is 0 Å². The van der Waals surface area contributed by atoms with Crippen molar-refractivity contribution in [2.45, 2.75) is 50.8 Å². The molecule has 7 nitrogen and oxygen atoms in total. The second-order valence-electron chi connectivity index (χ2n) is 9.15. The SMILES string of the molecule is CC(=O)N1CCC(Nc2cccc(C(=O)NCC(O)CNC3Cc4ccccc4C3)c2)CC1. The Hall–Kier alpha value is -2.90. The number of hydrogen-bond donors (Lipinski definition) is 4. The van der Waals surface area contributed by atoms with Crippen molar-refractivity contribution >= 4 is 17.5 Å². The van der Waals surface area contributed by atoms with Crippen LogP contribution in [-0.2, 0) is 17.6 Å². The number of rotatable bonds is 8. The molecular weight excluding hydrogens is 416 g/mol. The Morgan fingerprint density at radius 2 is 1.70 bits per heavy atom. The second-order valence-corrected chi connectivity index (χ2v) is 9.15. The normalized spacial score (nSPS) is 17.5. The molecule has 0 bridgehead atoms. The zero-order valence-corrected chi connectivity index (χ0v) is 19.2. The Morgan fingerprint density at radius 3 is 2.36 bits per heavy atom. The van der Waals surface area contributed by atoms with Crippen molar-refractivity contribution in [2.75, 3.05) is 31.5 Å². The summed E-state index contributed by atoms with van der Waals surface area (Å²) in [5, 5.41) is 20.1. The molecule has 0 radical (unpaired) electrons. The summed E-state index contributed by atoms with van der Waals surface area (Å²) in [7, 11) is 0. The third kappa shape index (κ3) is 6.33. The number of nitrogens with one attached hydrogen (secondary N) is 3. The van der Waals surface area contributed by atoms with Crippen LogP contribution in [0.1, 0.15) is 41.3 Å². The van der Waals surface area contributed by atoms with Gasteiger partial charge in [0.25, 0.3) is 5.91 Å². The predicted octanol–water partition coefficient (Wildman–Crippen LogP) is 1.96. The standard InChI is InChI=1S/C26H34N4O3/c1-18(31)30-11-9-22(10-12-30)29-23-8-4-7-21(15-23)26(33)28-17-25(32)16-27-24-13-19-5-2-3-6-20(19)14-24/h2-8,15,22,24-25,27,29,32H,9-14,16-17H2,1H3,(H,28,33). The number of carbonyl (C=O) groups excluding carboxylic acids is 2. The van der Waals surface area contributed by atoms with Gasteiger partial charge in [-0.3, -0.25) is 9.59 Å².